The van der Waals surface area contributed by atoms with Gasteiger partial charge in [0.1, 0.15) is 6.33 Å². The number of carbonyl (C=O) groups is 2. The van der Waals surface area contributed by atoms with E-state index in [9.17, 15) is 9.59 Å². The Bertz CT molecular complexity index is 1380. The number of hydrogen-bond acceptors (Lipinski definition) is 8. The lowest BCUT2D eigenvalue weighted by Crippen LogP contribution is -2.15. The van der Waals surface area contributed by atoms with E-state index in [4.69, 9.17) is 20.3 Å². The predicted molar refractivity (Wildman–Crippen MR) is 137 cm³/mol. The second-order valence-electron chi connectivity index (χ2n) is 7.33. The van der Waals surface area contributed by atoms with E-state index in [2.05, 4.69) is 20.4 Å². The number of amides is 1. The standard InChI is InChI=1S/C23H22N6O5.2CH4/c1-33-18-7-5-14(10-19(18)34-2)17-11-20-25-12-26-29(20)23(28-17)27-16-6-3-13(4-8-21(30)31)9-15(16)22(24)32;;/h3,5-7,9-12H,4,8H2,1-2H3,(H2,24,32)(H,27,28)(H,30,31);2*1H4. The van der Waals surface area contributed by atoms with E-state index in [-0.39, 0.29) is 33.3 Å². The van der Waals surface area contributed by atoms with Gasteiger partial charge in [-0.2, -0.15) is 9.61 Å². The van der Waals surface area contributed by atoms with Crippen LogP contribution in [0, 0.1) is 0 Å². The van der Waals surface area contributed by atoms with E-state index < -0.39 is 11.9 Å². The molecule has 2 aromatic heterocycles. The molecule has 4 rings (SSSR count). The van der Waals surface area contributed by atoms with Crippen LogP contribution in [0.4, 0.5) is 11.6 Å². The summed E-state index contributed by atoms with van der Waals surface area (Å²) in [5, 5.41) is 16.2. The van der Waals surface area contributed by atoms with Crippen LogP contribution in [0.1, 0.15) is 37.2 Å². The molecule has 0 fully saturated rings. The molecule has 0 saturated carbocycles. The number of methoxy groups -OCH3 is 2. The van der Waals surface area contributed by atoms with Gasteiger partial charge in [0.25, 0.3) is 5.91 Å². The van der Waals surface area contributed by atoms with E-state index in [0.717, 1.165) is 5.56 Å². The Hall–Kier alpha value is -4.67. The van der Waals surface area contributed by atoms with Gasteiger partial charge in [0, 0.05) is 18.1 Å². The number of fused-ring (bicyclic) bond motifs is 1. The molecule has 4 aromatic rings. The third-order valence-corrected chi connectivity index (χ3v) is 5.17. The van der Waals surface area contributed by atoms with Crippen molar-refractivity contribution in [2.24, 2.45) is 5.73 Å². The molecular formula is C25H30N6O5. The average molecular weight is 495 g/mol. The Morgan fingerprint density at radius 2 is 1.81 bits per heavy atom. The number of anilines is 2. The minimum Gasteiger partial charge on any atom is -0.493 e. The molecular weight excluding hydrogens is 464 g/mol. The fourth-order valence-corrected chi connectivity index (χ4v) is 3.48. The minimum atomic E-state index is -0.924. The molecule has 2 aromatic carbocycles. The molecule has 0 spiro atoms. The van der Waals surface area contributed by atoms with Gasteiger partial charge in [0.15, 0.2) is 17.1 Å². The van der Waals surface area contributed by atoms with Crippen LogP contribution in [0.2, 0.25) is 0 Å². The summed E-state index contributed by atoms with van der Waals surface area (Å²) in [5.74, 6) is -0.147. The molecule has 0 unspecified atom stereocenters. The first-order chi connectivity index (χ1) is 16.4. The number of aromatic nitrogens is 4. The van der Waals surface area contributed by atoms with Crippen LogP contribution in [-0.2, 0) is 11.2 Å². The molecule has 0 radical (unpaired) electrons. The molecule has 0 aliphatic rings. The first-order valence-electron chi connectivity index (χ1n) is 10.2. The zero-order chi connectivity index (χ0) is 24.2. The minimum absolute atomic E-state index is 0. The molecule has 11 heteroatoms. The molecule has 190 valence electrons. The number of carbonyl (C=O) groups excluding carboxylic acids is 1. The maximum atomic E-state index is 12.1. The van der Waals surface area contributed by atoms with Crippen molar-refractivity contribution in [3.05, 3.63) is 59.9 Å². The molecule has 0 atom stereocenters. The van der Waals surface area contributed by atoms with Gasteiger partial charge in [-0.15, -0.1) is 0 Å². The average Bonchev–Trinajstić information content (AvgIpc) is 3.31. The monoisotopic (exact) mass is 494 g/mol. The van der Waals surface area contributed by atoms with Crippen molar-refractivity contribution in [2.45, 2.75) is 27.7 Å². The summed E-state index contributed by atoms with van der Waals surface area (Å²) in [4.78, 5) is 31.9. The number of carboxylic acid groups (broad SMARTS) is 1. The van der Waals surface area contributed by atoms with Crippen molar-refractivity contribution < 1.29 is 24.2 Å². The number of nitrogens with zero attached hydrogens (tertiary/aromatic N) is 4. The van der Waals surface area contributed by atoms with Crippen molar-refractivity contribution in [2.75, 3.05) is 19.5 Å². The molecule has 0 aliphatic carbocycles. The van der Waals surface area contributed by atoms with Gasteiger partial charge < -0.3 is 25.6 Å². The molecule has 11 nitrogen and oxygen atoms in total. The summed E-state index contributed by atoms with van der Waals surface area (Å²) >= 11 is 0. The van der Waals surface area contributed by atoms with Gasteiger partial charge in [-0.25, -0.2) is 9.97 Å². The van der Waals surface area contributed by atoms with Crippen LogP contribution in [0.3, 0.4) is 0 Å². The summed E-state index contributed by atoms with van der Waals surface area (Å²) in [6, 6.07) is 12.1. The van der Waals surface area contributed by atoms with Crippen molar-refractivity contribution in [3.63, 3.8) is 0 Å². The van der Waals surface area contributed by atoms with Crippen LogP contribution in [0.25, 0.3) is 16.9 Å². The zero-order valence-corrected chi connectivity index (χ0v) is 18.5. The number of nitrogens with two attached hydrogens (primary N) is 1. The highest BCUT2D eigenvalue weighted by molar-refractivity contribution is 5.99. The Morgan fingerprint density at radius 3 is 2.47 bits per heavy atom. The summed E-state index contributed by atoms with van der Waals surface area (Å²) < 4.78 is 12.2. The fourth-order valence-electron chi connectivity index (χ4n) is 3.48. The first-order valence-corrected chi connectivity index (χ1v) is 10.2. The fraction of sp³-hybridized carbons (Fsp3) is 0.240. The van der Waals surface area contributed by atoms with Crippen molar-refractivity contribution in [3.8, 4) is 22.8 Å². The van der Waals surface area contributed by atoms with Gasteiger partial charge in [-0.05, 0) is 42.3 Å². The number of benzene rings is 2. The molecule has 36 heavy (non-hydrogen) atoms. The first kappa shape index (κ1) is 27.6. The summed E-state index contributed by atoms with van der Waals surface area (Å²) in [7, 11) is 3.11. The van der Waals surface area contributed by atoms with Crippen LogP contribution in [0.5, 0.6) is 11.5 Å². The van der Waals surface area contributed by atoms with Crippen LogP contribution >= 0.6 is 0 Å². The number of hydrogen-bond donors (Lipinski definition) is 3. The summed E-state index contributed by atoms with van der Waals surface area (Å²) in [6.07, 6.45) is 1.61. The molecule has 0 saturated heterocycles. The maximum Gasteiger partial charge on any atom is 0.303 e. The summed E-state index contributed by atoms with van der Waals surface area (Å²) in [5.41, 5.74) is 8.75. The molecule has 4 N–H and O–H groups in total. The highest BCUT2D eigenvalue weighted by Gasteiger charge is 2.16. The third-order valence-electron chi connectivity index (χ3n) is 5.17. The Morgan fingerprint density at radius 1 is 1.06 bits per heavy atom. The zero-order valence-electron chi connectivity index (χ0n) is 18.5. The number of ether oxygens (including phenoxy) is 2. The van der Waals surface area contributed by atoms with Crippen molar-refractivity contribution >= 4 is 29.2 Å². The van der Waals surface area contributed by atoms with Crippen LogP contribution in [-0.4, -0.2) is 50.8 Å². The van der Waals surface area contributed by atoms with E-state index in [1.165, 1.54) is 10.8 Å². The smallest absolute Gasteiger partial charge is 0.303 e. The second kappa shape index (κ2) is 11.6. The quantitative estimate of drug-likeness (QED) is 0.314. The van der Waals surface area contributed by atoms with Crippen molar-refractivity contribution in [1.29, 1.82) is 0 Å². The Kier molecular flexibility index (Phi) is 8.92. The van der Waals surface area contributed by atoms with Gasteiger partial charge in [-0.1, -0.05) is 20.9 Å². The molecule has 0 aliphatic heterocycles. The number of nitrogens with one attached hydrogen (secondary N) is 1. The van der Waals surface area contributed by atoms with Gasteiger partial charge in [-0.3, -0.25) is 9.59 Å². The maximum absolute atomic E-state index is 12.1. The molecule has 1 amide bonds. The van der Waals surface area contributed by atoms with Gasteiger partial charge >= 0.3 is 5.97 Å². The topological polar surface area (TPSA) is 154 Å². The largest absolute Gasteiger partial charge is 0.493 e. The lowest BCUT2D eigenvalue weighted by atomic mass is 10.0. The second-order valence-corrected chi connectivity index (χ2v) is 7.33. The normalized spacial score (nSPS) is 10.2. The Labute approximate surface area is 208 Å². The van der Waals surface area contributed by atoms with Crippen LogP contribution in [0.15, 0.2) is 48.8 Å². The number of aryl methyl sites for hydroxylation is 1. The van der Waals surface area contributed by atoms with Gasteiger partial charge in [0.05, 0.1) is 31.2 Å². The molecule has 2 heterocycles. The summed E-state index contributed by atoms with van der Waals surface area (Å²) in [6.45, 7) is 0. The van der Waals surface area contributed by atoms with E-state index >= 15 is 0 Å². The van der Waals surface area contributed by atoms with Crippen molar-refractivity contribution in [1.82, 2.24) is 19.6 Å². The highest BCUT2D eigenvalue weighted by atomic mass is 16.5. The van der Waals surface area contributed by atoms with Crippen LogP contribution < -0.4 is 20.5 Å². The number of rotatable bonds is 9. The lowest BCUT2D eigenvalue weighted by molar-refractivity contribution is -0.136. The van der Waals surface area contributed by atoms with E-state index in [0.29, 0.717) is 40.0 Å². The third kappa shape index (κ3) is 5.69. The van der Waals surface area contributed by atoms with E-state index in [1.54, 1.807) is 50.6 Å². The van der Waals surface area contributed by atoms with E-state index in [1.807, 2.05) is 6.07 Å². The Balaban J connectivity index is 0.00000228. The number of carboxylic acids is 1. The highest BCUT2D eigenvalue weighted by Crippen LogP contribution is 2.33. The lowest BCUT2D eigenvalue weighted by Gasteiger charge is -2.14. The number of aliphatic carboxylic acids is 1. The SMILES string of the molecule is C.C.COc1ccc(-c2cc3ncnn3c(Nc3ccc(CCC(=O)O)cc3C(N)=O)n2)cc1OC. The molecule has 0 bridgehead atoms. The van der Waals surface area contributed by atoms with Gasteiger partial charge in [0.2, 0.25) is 5.95 Å². The number of primary amides is 1. The predicted octanol–water partition coefficient (Wildman–Crippen LogP) is 3.94.